The van der Waals surface area contributed by atoms with E-state index >= 15 is 0 Å². The number of thiophene rings is 1. The Morgan fingerprint density at radius 1 is 0.316 bits per heavy atom. The van der Waals surface area contributed by atoms with Crippen LogP contribution < -0.4 is 0 Å². The maximum atomic E-state index is 2.44. The number of hydrogen-bond acceptors (Lipinski definition) is 1. The molecule has 0 saturated carbocycles. The first-order valence-electron chi connectivity index (χ1n) is 19.6. The Kier molecular flexibility index (Phi) is 6.35. The summed E-state index contributed by atoms with van der Waals surface area (Å²) >= 11 is 1.89. The van der Waals surface area contributed by atoms with Crippen molar-refractivity contribution in [3.8, 4) is 22.5 Å². The first-order valence-corrected chi connectivity index (χ1v) is 20.4. The molecule has 2 nitrogen and oxygen atoms in total. The molecule has 10 aromatic carbocycles. The minimum atomic E-state index is 1.15. The highest BCUT2D eigenvalue weighted by Gasteiger charge is 2.20. The molecule has 13 rings (SSSR count). The quantitative estimate of drug-likeness (QED) is 0.160. The molecule has 0 atom stereocenters. The molecule has 0 saturated heterocycles. The molecule has 0 aliphatic carbocycles. The molecule has 57 heavy (non-hydrogen) atoms. The van der Waals surface area contributed by atoms with Gasteiger partial charge in [0.05, 0.1) is 11.0 Å². The largest absolute Gasteiger partial charge is 0.316 e. The molecular formula is C54H32N2S. The van der Waals surface area contributed by atoms with Crippen molar-refractivity contribution in [2.24, 2.45) is 0 Å². The zero-order valence-electron chi connectivity index (χ0n) is 30.8. The standard InChI is InChI=1S/C54H32N2S/c1-2-11-34-30-36(22-20-33(34)10-1)55-28-26-46-49-31-35(38-17-9-18-47-44-16-7-8-19-51(44)57-54(38)47)21-24-45(49)52-48(53(46)55)27-29-56(52)37-23-25-43-41-14-4-3-12-39(41)40-13-5-6-15-42(40)50(43)32-37/h1-32H. The van der Waals surface area contributed by atoms with Gasteiger partial charge in [-0.05, 0) is 108 Å². The molecule has 3 heterocycles. The van der Waals surface area contributed by atoms with Crippen molar-refractivity contribution in [3.63, 3.8) is 0 Å². The summed E-state index contributed by atoms with van der Waals surface area (Å²) in [6.45, 7) is 0. The van der Waals surface area contributed by atoms with E-state index in [4.69, 9.17) is 0 Å². The summed E-state index contributed by atoms with van der Waals surface area (Å²) in [6.07, 6.45) is 4.54. The minimum absolute atomic E-state index is 1.15. The van der Waals surface area contributed by atoms with Gasteiger partial charge in [-0.3, -0.25) is 0 Å². The summed E-state index contributed by atoms with van der Waals surface area (Å²) in [5.41, 5.74) is 7.27. The number of rotatable bonds is 3. The van der Waals surface area contributed by atoms with Gasteiger partial charge in [0.2, 0.25) is 0 Å². The van der Waals surface area contributed by atoms with E-state index in [1.165, 1.54) is 107 Å². The average molecular weight is 741 g/mol. The number of benzene rings is 10. The van der Waals surface area contributed by atoms with E-state index in [2.05, 4.69) is 204 Å². The van der Waals surface area contributed by atoms with Gasteiger partial charge in [0.1, 0.15) is 0 Å². The number of nitrogens with zero attached hydrogens (tertiary/aromatic N) is 2. The fourth-order valence-electron chi connectivity index (χ4n) is 9.74. The van der Waals surface area contributed by atoms with Gasteiger partial charge < -0.3 is 9.13 Å². The number of aromatic nitrogens is 2. The Labute approximate surface area is 331 Å². The van der Waals surface area contributed by atoms with Gasteiger partial charge in [0.15, 0.2) is 0 Å². The van der Waals surface area contributed by atoms with Gasteiger partial charge in [-0.25, -0.2) is 0 Å². The third kappa shape index (κ3) is 4.40. The van der Waals surface area contributed by atoms with Crippen LogP contribution in [0.3, 0.4) is 0 Å². The van der Waals surface area contributed by atoms with E-state index in [1.807, 2.05) is 11.3 Å². The van der Waals surface area contributed by atoms with Crippen molar-refractivity contribution in [3.05, 3.63) is 194 Å². The van der Waals surface area contributed by atoms with Crippen LogP contribution >= 0.6 is 11.3 Å². The van der Waals surface area contributed by atoms with Crippen LogP contribution in [0.4, 0.5) is 0 Å². The predicted molar refractivity (Wildman–Crippen MR) is 246 cm³/mol. The zero-order valence-corrected chi connectivity index (χ0v) is 31.6. The fraction of sp³-hybridized carbons (Fsp3) is 0. The van der Waals surface area contributed by atoms with Crippen LogP contribution in [0.15, 0.2) is 194 Å². The summed E-state index contributed by atoms with van der Waals surface area (Å²) in [5, 5.41) is 17.8. The van der Waals surface area contributed by atoms with Crippen molar-refractivity contribution in [1.82, 2.24) is 9.13 Å². The van der Waals surface area contributed by atoms with E-state index in [-0.39, 0.29) is 0 Å². The normalized spacial score (nSPS) is 12.2. The SMILES string of the molecule is c1ccc2cc(-n3ccc4c5cc(-c6cccc7c6sc6ccccc67)ccc5c5c(ccn5-c5ccc6c7ccccc7c7ccccc7c6c5)c43)ccc2c1. The van der Waals surface area contributed by atoms with Gasteiger partial charge in [0, 0.05) is 60.1 Å². The smallest absolute Gasteiger partial charge is 0.0628 e. The van der Waals surface area contributed by atoms with Crippen LogP contribution in [0.5, 0.6) is 0 Å². The lowest BCUT2D eigenvalue weighted by Crippen LogP contribution is -1.96. The molecule has 0 spiro atoms. The van der Waals surface area contributed by atoms with Crippen LogP contribution in [-0.2, 0) is 0 Å². The Morgan fingerprint density at radius 2 is 0.860 bits per heavy atom. The van der Waals surface area contributed by atoms with Crippen LogP contribution in [0, 0.1) is 0 Å². The molecule has 3 aromatic heterocycles. The van der Waals surface area contributed by atoms with Crippen LogP contribution in [0.25, 0.3) is 118 Å². The molecule has 0 amide bonds. The monoisotopic (exact) mass is 740 g/mol. The second-order valence-electron chi connectivity index (χ2n) is 15.3. The van der Waals surface area contributed by atoms with Crippen molar-refractivity contribution in [2.75, 3.05) is 0 Å². The first kappa shape index (κ1) is 31.1. The predicted octanol–water partition coefficient (Wildman–Crippen LogP) is 15.4. The van der Waals surface area contributed by atoms with E-state index in [0.717, 1.165) is 11.4 Å². The molecular weight excluding hydrogens is 709 g/mol. The lowest BCUT2D eigenvalue weighted by atomic mass is 9.94. The van der Waals surface area contributed by atoms with Gasteiger partial charge in [-0.2, -0.15) is 0 Å². The highest BCUT2D eigenvalue weighted by molar-refractivity contribution is 7.26. The highest BCUT2D eigenvalue weighted by atomic mass is 32.1. The molecule has 0 fully saturated rings. The first-order chi connectivity index (χ1) is 28.3. The lowest BCUT2D eigenvalue weighted by Gasteiger charge is -2.15. The van der Waals surface area contributed by atoms with Crippen LogP contribution in [0.1, 0.15) is 0 Å². The fourth-order valence-corrected chi connectivity index (χ4v) is 11.0. The minimum Gasteiger partial charge on any atom is -0.316 e. The van der Waals surface area contributed by atoms with Gasteiger partial charge in [-0.1, -0.05) is 133 Å². The molecule has 0 N–H and O–H groups in total. The molecule has 0 aliphatic heterocycles. The molecule has 0 unspecified atom stereocenters. The van der Waals surface area contributed by atoms with Crippen molar-refractivity contribution < 1.29 is 0 Å². The highest BCUT2D eigenvalue weighted by Crippen LogP contribution is 2.44. The Morgan fingerprint density at radius 3 is 1.63 bits per heavy atom. The summed E-state index contributed by atoms with van der Waals surface area (Å²) in [6, 6.07) is 67.5. The van der Waals surface area contributed by atoms with Crippen LogP contribution in [-0.4, -0.2) is 9.13 Å². The van der Waals surface area contributed by atoms with Crippen molar-refractivity contribution in [2.45, 2.75) is 0 Å². The number of fused-ring (bicyclic) bond motifs is 16. The second-order valence-corrected chi connectivity index (χ2v) is 16.3. The summed E-state index contributed by atoms with van der Waals surface area (Å²) in [7, 11) is 0. The Bertz CT molecular complexity index is 3780. The Balaban J connectivity index is 1.11. The third-order valence-corrected chi connectivity index (χ3v) is 13.5. The number of hydrogen-bond donors (Lipinski definition) is 0. The van der Waals surface area contributed by atoms with Gasteiger partial charge >= 0.3 is 0 Å². The maximum absolute atomic E-state index is 2.44. The zero-order chi connectivity index (χ0) is 37.2. The van der Waals surface area contributed by atoms with Gasteiger partial charge in [-0.15, -0.1) is 11.3 Å². The topological polar surface area (TPSA) is 9.86 Å². The van der Waals surface area contributed by atoms with E-state index in [1.54, 1.807) is 0 Å². The summed E-state index contributed by atoms with van der Waals surface area (Å²) in [4.78, 5) is 0. The second kappa shape index (κ2) is 11.7. The average Bonchev–Trinajstić information content (AvgIpc) is 4.02. The van der Waals surface area contributed by atoms with Crippen LogP contribution in [0.2, 0.25) is 0 Å². The maximum Gasteiger partial charge on any atom is 0.0628 e. The molecule has 264 valence electrons. The third-order valence-electron chi connectivity index (χ3n) is 12.3. The van der Waals surface area contributed by atoms with Crippen molar-refractivity contribution >= 4 is 107 Å². The summed E-state index contributed by atoms with van der Waals surface area (Å²) < 4.78 is 7.48. The van der Waals surface area contributed by atoms with E-state index < -0.39 is 0 Å². The molecule has 0 radical (unpaired) electrons. The molecule has 13 aromatic rings. The molecule has 0 aliphatic rings. The Hall–Kier alpha value is -7.20. The van der Waals surface area contributed by atoms with Crippen molar-refractivity contribution in [1.29, 1.82) is 0 Å². The molecule has 0 bridgehead atoms. The summed E-state index contributed by atoms with van der Waals surface area (Å²) in [5.74, 6) is 0. The van der Waals surface area contributed by atoms with Gasteiger partial charge in [0.25, 0.3) is 0 Å². The lowest BCUT2D eigenvalue weighted by molar-refractivity contribution is 1.13. The van der Waals surface area contributed by atoms with E-state index in [9.17, 15) is 0 Å². The van der Waals surface area contributed by atoms with E-state index in [0.29, 0.717) is 0 Å². The molecule has 3 heteroatoms.